The van der Waals surface area contributed by atoms with Gasteiger partial charge in [0.25, 0.3) is 0 Å². The molecule has 0 fully saturated rings. The summed E-state index contributed by atoms with van der Waals surface area (Å²) in [5, 5.41) is 12.1. The van der Waals surface area contributed by atoms with Gasteiger partial charge in [-0.25, -0.2) is 4.79 Å². The first kappa shape index (κ1) is 30.2. The number of carbonyl (C=O) groups excluding carboxylic acids is 4. The minimum atomic E-state index is -0.932. The van der Waals surface area contributed by atoms with Crippen LogP contribution in [0.4, 0.5) is 4.79 Å². The summed E-state index contributed by atoms with van der Waals surface area (Å²) in [6, 6.07) is 15.1. The molecule has 10 nitrogen and oxygen atoms in total. The van der Waals surface area contributed by atoms with Gasteiger partial charge < -0.3 is 31.0 Å². The lowest BCUT2D eigenvalue weighted by Crippen LogP contribution is -2.55. The second-order valence-corrected chi connectivity index (χ2v) is 10.0. The van der Waals surface area contributed by atoms with Crippen LogP contribution in [0.2, 0.25) is 0 Å². The third-order valence-electron chi connectivity index (χ3n) is 6.28. The van der Waals surface area contributed by atoms with Crippen LogP contribution in [0, 0.1) is 0 Å². The molecule has 10 heteroatoms. The molecule has 0 bridgehead atoms. The maximum Gasteiger partial charge on any atom is 0.408 e. The Hall–Kier alpha value is -4.34. The van der Waals surface area contributed by atoms with E-state index in [9.17, 15) is 19.2 Å². The van der Waals surface area contributed by atoms with Crippen LogP contribution in [0.25, 0.3) is 10.9 Å². The monoisotopic (exact) mass is 549 g/mol. The summed E-state index contributed by atoms with van der Waals surface area (Å²) in [6.07, 6.45) is 2.86. The highest BCUT2D eigenvalue weighted by atomic mass is 16.5. The van der Waals surface area contributed by atoms with Crippen LogP contribution in [0.5, 0.6) is 0 Å². The molecule has 0 saturated carbocycles. The summed E-state index contributed by atoms with van der Waals surface area (Å²) in [4.78, 5) is 53.6. The van der Waals surface area contributed by atoms with Crippen LogP contribution in [0.3, 0.4) is 0 Å². The fourth-order valence-electron chi connectivity index (χ4n) is 4.30. The molecule has 3 rings (SSSR count). The summed E-state index contributed by atoms with van der Waals surface area (Å²) in [7, 11) is 0. The van der Waals surface area contributed by atoms with Crippen molar-refractivity contribution in [3.63, 3.8) is 0 Å². The van der Waals surface area contributed by atoms with E-state index >= 15 is 0 Å². The topological polar surface area (TPSA) is 141 Å². The van der Waals surface area contributed by atoms with Gasteiger partial charge in [-0.1, -0.05) is 48.5 Å². The average Bonchev–Trinajstić information content (AvgIpc) is 3.33. The van der Waals surface area contributed by atoms with Gasteiger partial charge in [-0.2, -0.15) is 0 Å². The summed E-state index contributed by atoms with van der Waals surface area (Å²) in [5.41, 5.74) is 2.65. The van der Waals surface area contributed by atoms with Crippen molar-refractivity contribution >= 4 is 34.7 Å². The number of hydrogen-bond acceptors (Lipinski definition) is 5. The summed E-state index contributed by atoms with van der Waals surface area (Å²) in [5.74, 6) is -0.933. The number of nitrogens with one attached hydrogen (secondary N) is 5. The lowest BCUT2D eigenvalue weighted by molar-refractivity contribution is -0.130. The zero-order valence-electron chi connectivity index (χ0n) is 23.3. The molecule has 2 aromatic carbocycles. The molecule has 0 spiro atoms. The summed E-state index contributed by atoms with van der Waals surface area (Å²) in [6.45, 7) is 5.66. The molecule has 5 N–H and O–H groups in total. The molecule has 0 aliphatic carbocycles. The van der Waals surface area contributed by atoms with Crippen molar-refractivity contribution in [3.8, 4) is 0 Å². The van der Waals surface area contributed by atoms with Crippen LogP contribution in [-0.4, -0.2) is 53.5 Å². The SMILES string of the molecule is CC(=O)NCCCC[C@H](NC(=O)OCc1ccccc1)C(=O)N[C@@H](Cc1c[nH]c2ccccc12)C(=O)NC(C)C. The molecule has 4 amide bonds. The smallest absolute Gasteiger partial charge is 0.408 e. The fourth-order valence-corrected chi connectivity index (χ4v) is 4.30. The minimum absolute atomic E-state index is 0.0591. The third kappa shape index (κ3) is 9.76. The van der Waals surface area contributed by atoms with Crippen LogP contribution in [0.15, 0.2) is 60.8 Å². The van der Waals surface area contributed by atoms with Gasteiger partial charge in [0.1, 0.15) is 18.7 Å². The first-order valence-corrected chi connectivity index (χ1v) is 13.6. The van der Waals surface area contributed by atoms with Crippen molar-refractivity contribution in [3.05, 3.63) is 71.9 Å². The number of aromatic nitrogens is 1. The van der Waals surface area contributed by atoms with Crippen molar-refractivity contribution in [1.29, 1.82) is 0 Å². The van der Waals surface area contributed by atoms with Gasteiger partial charge in [-0.15, -0.1) is 0 Å². The lowest BCUT2D eigenvalue weighted by atomic mass is 10.0. The van der Waals surface area contributed by atoms with Crippen molar-refractivity contribution in [2.24, 2.45) is 0 Å². The third-order valence-corrected chi connectivity index (χ3v) is 6.28. The van der Waals surface area contributed by atoms with E-state index in [1.54, 1.807) is 0 Å². The normalized spacial score (nSPS) is 12.4. The molecule has 0 radical (unpaired) electrons. The number of para-hydroxylation sites is 1. The van der Waals surface area contributed by atoms with Crippen molar-refractivity contribution in [2.45, 2.75) is 71.2 Å². The maximum absolute atomic E-state index is 13.5. The fraction of sp³-hybridized carbons (Fsp3) is 0.400. The van der Waals surface area contributed by atoms with Crippen LogP contribution < -0.4 is 21.3 Å². The van der Waals surface area contributed by atoms with Gasteiger partial charge in [-0.3, -0.25) is 14.4 Å². The van der Waals surface area contributed by atoms with Crippen molar-refractivity contribution in [1.82, 2.24) is 26.3 Å². The number of amides is 4. The van der Waals surface area contributed by atoms with Gasteiger partial charge in [0, 0.05) is 43.0 Å². The highest BCUT2D eigenvalue weighted by Crippen LogP contribution is 2.19. The Labute approximate surface area is 234 Å². The van der Waals surface area contributed by atoms with Gasteiger partial charge in [-0.05, 0) is 50.3 Å². The number of ether oxygens (including phenoxy) is 1. The molecule has 0 saturated heterocycles. The lowest BCUT2D eigenvalue weighted by Gasteiger charge is -2.24. The van der Waals surface area contributed by atoms with Gasteiger partial charge in [0.15, 0.2) is 0 Å². The second-order valence-electron chi connectivity index (χ2n) is 10.0. The molecular formula is C30H39N5O5. The number of H-pyrrole nitrogens is 1. The Bertz CT molecular complexity index is 1270. The molecule has 1 heterocycles. The zero-order chi connectivity index (χ0) is 28.9. The minimum Gasteiger partial charge on any atom is -0.445 e. The molecule has 40 heavy (non-hydrogen) atoms. The van der Waals surface area contributed by atoms with E-state index in [0.29, 0.717) is 25.8 Å². The summed E-state index contributed by atoms with van der Waals surface area (Å²) < 4.78 is 5.34. The second kappa shape index (κ2) is 15.3. The van der Waals surface area contributed by atoms with Crippen molar-refractivity contribution < 1.29 is 23.9 Å². The molecule has 3 aromatic rings. The van der Waals surface area contributed by atoms with Crippen LogP contribution in [-0.2, 0) is 32.1 Å². The first-order chi connectivity index (χ1) is 19.2. The molecule has 0 unspecified atom stereocenters. The van der Waals surface area contributed by atoms with E-state index < -0.39 is 24.1 Å². The van der Waals surface area contributed by atoms with E-state index in [1.807, 2.05) is 74.6 Å². The van der Waals surface area contributed by atoms with Crippen LogP contribution in [0.1, 0.15) is 51.2 Å². The predicted octanol–water partition coefficient (Wildman–Crippen LogP) is 3.32. The quantitative estimate of drug-likeness (QED) is 0.196. The molecular weight excluding hydrogens is 510 g/mol. The molecule has 214 valence electrons. The Morgan fingerprint density at radius 3 is 2.27 bits per heavy atom. The van der Waals surface area contributed by atoms with E-state index in [-0.39, 0.29) is 30.9 Å². The van der Waals surface area contributed by atoms with Gasteiger partial charge >= 0.3 is 6.09 Å². The number of rotatable bonds is 14. The molecule has 1 aromatic heterocycles. The van der Waals surface area contributed by atoms with E-state index in [0.717, 1.165) is 22.0 Å². The Morgan fingerprint density at radius 2 is 1.55 bits per heavy atom. The molecule has 2 atom stereocenters. The number of alkyl carbamates (subject to hydrolysis) is 1. The van der Waals surface area contributed by atoms with E-state index in [4.69, 9.17) is 4.74 Å². The number of aromatic amines is 1. The highest BCUT2D eigenvalue weighted by Gasteiger charge is 2.28. The van der Waals surface area contributed by atoms with Gasteiger partial charge in [0.05, 0.1) is 0 Å². The van der Waals surface area contributed by atoms with Gasteiger partial charge in [0.2, 0.25) is 17.7 Å². The Balaban J connectivity index is 1.71. The molecule has 0 aliphatic rings. The average molecular weight is 550 g/mol. The predicted molar refractivity (Wildman–Crippen MR) is 153 cm³/mol. The van der Waals surface area contributed by atoms with Crippen molar-refractivity contribution in [2.75, 3.05) is 6.54 Å². The number of benzene rings is 2. The van der Waals surface area contributed by atoms with E-state index in [2.05, 4.69) is 26.3 Å². The maximum atomic E-state index is 13.5. The number of hydrogen-bond donors (Lipinski definition) is 5. The van der Waals surface area contributed by atoms with Crippen LogP contribution >= 0.6 is 0 Å². The number of fused-ring (bicyclic) bond motifs is 1. The highest BCUT2D eigenvalue weighted by molar-refractivity contribution is 5.92. The zero-order valence-corrected chi connectivity index (χ0v) is 23.3. The first-order valence-electron chi connectivity index (χ1n) is 13.6. The summed E-state index contributed by atoms with van der Waals surface area (Å²) >= 11 is 0. The van der Waals surface area contributed by atoms with E-state index in [1.165, 1.54) is 6.92 Å². The molecule has 0 aliphatic heterocycles. The Morgan fingerprint density at radius 1 is 0.850 bits per heavy atom. The number of unbranched alkanes of at least 4 members (excludes halogenated alkanes) is 1. The standard InChI is InChI=1S/C30H39N5O5/c1-20(2)33-29(38)27(17-23-18-32-25-14-8-7-13-24(23)25)34-28(37)26(15-9-10-16-31-21(3)36)35-30(39)40-19-22-11-5-4-6-12-22/h4-8,11-14,18,20,26-27,32H,9-10,15-17,19H2,1-3H3,(H,31,36)(H,33,38)(H,34,37)(H,35,39)/t26-,27-/m0/s1. The largest absolute Gasteiger partial charge is 0.445 e. The Kier molecular flexibility index (Phi) is 11.6. The number of carbonyl (C=O) groups is 4.